The van der Waals surface area contributed by atoms with E-state index in [1.807, 2.05) is 0 Å². The van der Waals surface area contributed by atoms with Gasteiger partial charge in [-0.2, -0.15) is 0 Å². The minimum atomic E-state index is -1.05. The van der Waals surface area contributed by atoms with Gasteiger partial charge in [-0.1, -0.05) is 38.2 Å². The number of nitrogens with one attached hydrogen (secondary N) is 1. The molecule has 11 heteroatoms. The summed E-state index contributed by atoms with van der Waals surface area (Å²) in [7, 11) is 4.15. The van der Waals surface area contributed by atoms with Crippen molar-refractivity contribution in [1.29, 1.82) is 0 Å². The zero-order valence-corrected chi connectivity index (χ0v) is 23.3. The van der Waals surface area contributed by atoms with Gasteiger partial charge >= 0.3 is 6.09 Å². The number of hydrogen-bond acceptors (Lipinski definition) is 9. The van der Waals surface area contributed by atoms with Gasteiger partial charge in [0.1, 0.15) is 6.10 Å². The van der Waals surface area contributed by atoms with E-state index in [2.05, 4.69) is 5.32 Å². The van der Waals surface area contributed by atoms with E-state index in [0.717, 1.165) is 6.08 Å². The fourth-order valence-corrected chi connectivity index (χ4v) is 4.69. The topological polar surface area (TPSA) is 163 Å². The van der Waals surface area contributed by atoms with Crippen molar-refractivity contribution < 1.29 is 43.2 Å². The third-order valence-corrected chi connectivity index (χ3v) is 6.77. The van der Waals surface area contributed by atoms with E-state index in [0.29, 0.717) is 5.57 Å². The van der Waals surface area contributed by atoms with Gasteiger partial charge in [0.25, 0.3) is 5.91 Å². The number of carbonyl (C=O) groups excluding carboxylic acids is 4. The Morgan fingerprint density at radius 1 is 1.10 bits per heavy atom. The maximum absolute atomic E-state index is 13.3. The normalized spacial score (nSPS) is 32.9. The van der Waals surface area contributed by atoms with Gasteiger partial charge in [-0.05, 0) is 31.8 Å². The number of ether oxygens (including phenoxy) is 4. The van der Waals surface area contributed by atoms with Crippen LogP contribution in [0.5, 0.6) is 0 Å². The summed E-state index contributed by atoms with van der Waals surface area (Å²) < 4.78 is 21.7. The first-order chi connectivity index (χ1) is 18.4. The molecule has 0 aromatic rings. The number of rotatable bonds is 4. The maximum atomic E-state index is 13.3. The molecule has 2 rings (SSSR count). The molecule has 3 unspecified atom stereocenters. The first-order valence-electron chi connectivity index (χ1n) is 12.5. The lowest BCUT2D eigenvalue weighted by molar-refractivity contribution is -0.121. The zero-order valence-electron chi connectivity index (χ0n) is 23.3. The van der Waals surface area contributed by atoms with Gasteiger partial charge in [-0.25, -0.2) is 4.79 Å². The molecule has 39 heavy (non-hydrogen) atoms. The van der Waals surface area contributed by atoms with Crippen LogP contribution in [0.1, 0.15) is 34.1 Å². The fraction of sp³-hybridized carbons (Fsp3) is 0.500. The molecule has 11 nitrogen and oxygen atoms in total. The molecule has 1 aliphatic carbocycles. The SMILES string of the molecule is COC1=C2C[C@@H](C)[C@H](OC)C(O)[C@@H](C)/C=C(\C)C(OC(N)=O)C(OC)/C=C\C=C(/C)C(=O)NC(=CC1=O)C2=O. The van der Waals surface area contributed by atoms with Crippen molar-refractivity contribution in [2.24, 2.45) is 17.6 Å². The van der Waals surface area contributed by atoms with E-state index in [-0.39, 0.29) is 29.0 Å². The minimum Gasteiger partial charge on any atom is -0.492 e. The molecule has 2 bridgehead atoms. The lowest BCUT2D eigenvalue weighted by Gasteiger charge is -2.32. The Kier molecular flexibility index (Phi) is 11.4. The summed E-state index contributed by atoms with van der Waals surface area (Å²) in [5.41, 5.74) is 5.99. The first kappa shape index (κ1) is 31.7. The molecular formula is C28H38N2O9. The Morgan fingerprint density at radius 2 is 1.77 bits per heavy atom. The smallest absolute Gasteiger partial charge is 0.405 e. The molecule has 2 amide bonds. The quantitative estimate of drug-likeness (QED) is 0.353. The number of nitrogens with two attached hydrogens (primary N) is 1. The second-order valence-corrected chi connectivity index (χ2v) is 9.65. The van der Waals surface area contributed by atoms with Gasteiger partial charge in [-0.15, -0.1) is 0 Å². The number of methoxy groups -OCH3 is 3. The molecule has 0 saturated carbocycles. The third kappa shape index (κ3) is 7.75. The highest BCUT2D eigenvalue weighted by atomic mass is 16.6. The van der Waals surface area contributed by atoms with Crippen LogP contribution in [0.15, 0.2) is 58.6 Å². The summed E-state index contributed by atoms with van der Waals surface area (Å²) >= 11 is 0. The van der Waals surface area contributed by atoms with Crippen molar-refractivity contribution >= 4 is 23.6 Å². The largest absolute Gasteiger partial charge is 0.492 e. The van der Waals surface area contributed by atoms with Gasteiger partial charge in [-0.3, -0.25) is 14.4 Å². The van der Waals surface area contributed by atoms with E-state index in [1.54, 1.807) is 32.9 Å². The number of primary amides is 1. The third-order valence-electron chi connectivity index (χ3n) is 6.77. The zero-order chi connectivity index (χ0) is 29.4. The monoisotopic (exact) mass is 546 g/mol. The number of Topliss-reactive ketones (excluding diaryl/α,β-unsaturated/α-hetero) is 1. The minimum absolute atomic E-state index is 0.0304. The molecule has 4 N–H and O–H groups in total. The molecule has 1 aliphatic heterocycles. The van der Waals surface area contributed by atoms with Crippen LogP contribution in [0.3, 0.4) is 0 Å². The summed E-state index contributed by atoms with van der Waals surface area (Å²) in [6.45, 7) is 6.78. The molecule has 0 saturated heterocycles. The van der Waals surface area contributed by atoms with E-state index in [9.17, 15) is 24.3 Å². The summed E-state index contributed by atoms with van der Waals surface area (Å²) in [6.07, 6.45) is 2.87. The highest BCUT2D eigenvalue weighted by Gasteiger charge is 2.36. The number of amides is 2. The van der Waals surface area contributed by atoms with E-state index in [4.69, 9.17) is 24.7 Å². The Hall–Kier alpha value is -3.54. The van der Waals surface area contributed by atoms with Crippen molar-refractivity contribution in [1.82, 2.24) is 5.32 Å². The summed E-state index contributed by atoms with van der Waals surface area (Å²) in [6, 6.07) is 0. The molecule has 214 valence electrons. The molecule has 1 heterocycles. The Morgan fingerprint density at radius 3 is 2.33 bits per heavy atom. The summed E-state index contributed by atoms with van der Waals surface area (Å²) in [5.74, 6) is -2.80. The van der Waals surface area contributed by atoms with Gasteiger partial charge in [0, 0.05) is 37.4 Å². The molecule has 6 atom stereocenters. The molecule has 2 aliphatic rings. The standard InChI is InChI=1S/C28H38N2O9/c1-14-9-8-10-21(36-5)24(39-28(29)35)16(3)11-15(2)22(32)25(37-6)17(4)12-18-23(33)19(30-27(14)34)13-20(31)26(18)38-7/h8-11,13,15,17,21-22,24-25,32H,12H2,1-7H3,(H2,29,35)(H,30,34)/b10-8-,14-9+,16-11+/t15-,17+,21?,22?,24?,25-/m0/s1. The van der Waals surface area contributed by atoms with Crippen LogP contribution < -0.4 is 11.1 Å². The van der Waals surface area contributed by atoms with Crippen molar-refractivity contribution in [3.8, 4) is 0 Å². The van der Waals surface area contributed by atoms with Crippen LogP contribution in [0, 0.1) is 11.8 Å². The van der Waals surface area contributed by atoms with Crippen molar-refractivity contribution in [3.63, 3.8) is 0 Å². The van der Waals surface area contributed by atoms with Crippen LogP contribution in [0.2, 0.25) is 0 Å². The van der Waals surface area contributed by atoms with Gasteiger partial charge in [0.2, 0.25) is 11.6 Å². The number of aliphatic hydroxyl groups excluding tert-OH is 1. The molecular weight excluding hydrogens is 508 g/mol. The van der Waals surface area contributed by atoms with Gasteiger partial charge in [0.15, 0.2) is 11.9 Å². The fourth-order valence-electron chi connectivity index (χ4n) is 4.69. The molecule has 0 fully saturated rings. The van der Waals surface area contributed by atoms with Gasteiger partial charge < -0.3 is 35.1 Å². The molecule has 0 aromatic heterocycles. The van der Waals surface area contributed by atoms with Crippen LogP contribution in [0.4, 0.5) is 4.79 Å². The van der Waals surface area contributed by atoms with Gasteiger partial charge in [0.05, 0.1) is 25.0 Å². The second-order valence-electron chi connectivity index (χ2n) is 9.65. The average Bonchev–Trinajstić information content (AvgIpc) is 2.87. The number of carbonyl (C=O) groups is 4. The Balaban J connectivity index is 2.65. The Bertz CT molecular complexity index is 1130. The van der Waals surface area contributed by atoms with E-state index < -0.39 is 59.8 Å². The van der Waals surface area contributed by atoms with Crippen molar-refractivity contribution in [2.75, 3.05) is 21.3 Å². The number of allylic oxidation sites excluding steroid dienone is 4. The lowest BCUT2D eigenvalue weighted by Crippen LogP contribution is -2.40. The van der Waals surface area contributed by atoms with Crippen LogP contribution in [-0.2, 0) is 33.3 Å². The van der Waals surface area contributed by atoms with Crippen LogP contribution in [0.25, 0.3) is 0 Å². The lowest BCUT2D eigenvalue weighted by atomic mass is 9.83. The summed E-state index contributed by atoms with van der Waals surface area (Å²) in [4.78, 5) is 50.6. The number of hydrogen-bond donors (Lipinski definition) is 3. The molecule has 0 radical (unpaired) electrons. The van der Waals surface area contributed by atoms with Crippen LogP contribution in [-0.4, -0.2) is 74.4 Å². The average molecular weight is 547 g/mol. The predicted octanol–water partition coefficient (Wildman–Crippen LogP) is 2.02. The second kappa shape index (κ2) is 14.0. The molecule has 0 spiro atoms. The molecule has 0 aromatic carbocycles. The summed E-state index contributed by atoms with van der Waals surface area (Å²) in [5, 5.41) is 13.7. The van der Waals surface area contributed by atoms with E-state index >= 15 is 0 Å². The Labute approximate surface area is 228 Å². The van der Waals surface area contributed by atoms with Crippen molar-refractivity contribution in [3.05, 3.63) is 58.6 Å². The highest BCUT2D eigenvalue weighted by Crippen LogP contribution is 2.30. The number of ketones is 2. The highest BCUT2D eigenvalue weighted by molar-refractivity contribution is 6.23. The number of fused-ring (bicyclic) bond motifs is 2. The predicted molar refractivity (Wildman–Crippen MR) is 142 cm³/mol. The first-order valence-corrected chi connectivity index (χ1v) is 12.5. The number of aliphatic hydroxyl groups is 1. The van der Waals surface area contributed by atoms with E-state index in [1.165, 1.54) is 40.4 Å². The van der Waals surface area contributed by atoms with Crippen LogP contribution >= 0.6 is 0 Å². The maximum Gasteiger partial charge on any atom is 0.405 e. The van der Waals surface area contributed by atoms with Crippen molar-refractivity contribution in [2.45, 2.75) is 58.5 Å².